The summed E-state index contributed by atoms with van der Waals surface area (Å²) in [7, 11) is 0. The van der Waals surface area contributed by atoms with E-state index in [1.807, 2.05) is 12.3 Å². The van der Waals surface area contributed by atoms with E-state index in [1.165, 1.54) is 0 Å². The Kier molecular flexibility index (Phi) is 5.42. The van der Waals surface area contributed by atoms with Gasteiger partial charge >= 0.3 is 5.97 Å². The van der Waals surface area contributed by atoms with Gasteiger partial charge in [-0.1, -0.05) is 0 Å². The number of nitrogens with zero attached hydrogens (tertiary/aromatic N) is 2. The summed E-state index contributed by atoms with van der Waals surface area (Å²) in [5.41, 5.74) is 1.02. The maximum absolute atomic E-state index is 12.0. The third-order valence-electron chi connectivity index (χ3n) is 3.34. The summed E-state index contributed by atoms with van der Waals surface area (Å²) in [4.78, 5) is 29.0. The molecular formula is C13H18N2O3S2. The molecule has 0 radical (unpaired) electrons. The summed E-state index contributed by atoms with van der Waals surface area (Å²) in [6, 6.07) is 0. The van der Waals surface area contributed by atoms with Crippen molar-refractivity contribution in [1.82, 2.24) is 9.88 Å². The molecule has 2 heterocycles. The van der Waals surface area contributed by atoms with E-state index < -0.39 is 5.97 Å². The third kappa shape index (κ3) is 4.21. The molecule has 2 rings (SSSR count). The highest BCUT2D eigenvalue weighted by Crippen LogP contribution is 2.19. The van der Waals surface area contributed by atoms with Gasteiger partial charge in [-0.3, -0.25) is 9.59 Å². The Morgan fingerprint density at radius 2 is 2.20 bits per heavy atom. The largest absolute Gasteiger partial charge is 0.481 e. The number of hydrogen-bond donors (Lipinski definition) is 1. The first-order valence-electron chi connectivity index (χ1n) is 6.55. The van der Waals surface area contributed by atoms with Crippen molar-refractivity contribution in [3.05, 3.63) is 16.1 Å². The minimum Gasteiger partial charge on any atom is -0.481 e. The van der Waals surface area contributed by atoms with Crippen LogP contribution in [0.1, 0.15) is 23.5 Å². The molecule has 20 heavy (non-hydrogen) atoms. The first kappa shape index (κ1) is 15.3. The molecule has 0 spiro atoms. The number of thiazole rings is 1. The molecule has 1 aliphatic heterocycles. The van der Waals surface area contributed by atoms with Crippen molar-refractivity contribution in [1.29, 1.82) is 0 Å². The van der Waals surface area contributed by atoms with Gasteiger partial charge in [0.25, 0.3) is 0 Å². The second-order valence-electron chi connectivity index (χ2n) is 4.84. The highest BCUT2D eigenvalue weighted by molar-refractivity contribution is 7.99. The lowest BCUT2D eigenvalue weighted by Gasteiger charge is -2.30. The average Bonchev–Trinajstić information content (AvgIpc) is 2.84. The first-order chi connectivity index (χ1) is 9.56. The Bertz CT molecular complexity index is 482. The maximum atomic E-state index is 12.0. The van der Waals surface area contributed by atoms with Crippen LogP contribution in [-0.4, -0.2) is 45.7 Å². The number of amides is 1. The van der Waals surface area contributed by atoms with Crippen LogP contribution in [0.3, 0.4) is 0 Å². The summed E-state index contributed by atoms with van der Waals surface area (Å²) < 4.78 is 0. The van der Waals surface area contributed by atoms with Gasteiger partial charge in [-0.2, -0.15) is 0 Å². The summed E-state index contributed by atoms with van der Waals surface area (Å²) >= 11 is 3.18. The Labute approximate surface area is 126 Å². The molecule has 1 N–H and O–H groups in total. The van der Waals surface area contributed by atoms with E-state index >= 15 is 0 Å². The van der Waals surface area contributed by atoms with Gasteiger partial charge in [0.05, 0.1) is 22.4 Å². The van der Waals surface area contributed by atoms with E-state index in [1.54, 1.807) is 28.0 Å². The number of carbonyl (C=O) groups excluding carboxylic acids is 1. The van der Waals surface area contributed by atoms with Crippen LogP contribution in [0.15, 0.2) is 5.38 Å². The molecule has 1 fully saturated rings. The summed E-state index contributed by atoms with van der Waals surface area (Å²) in [5.74, 6) is 0.261. The summed E-state index contributed by atoms with van der Waals surface area (Å²) in [6.07, 6.45) is 1.13. The fourth-order valence-electron chi connectivity index (χ4n) is 2.18. The van der Waals surface area contributed by atoms with Crippen molar-refractivity contribution in [2.45, 2.75) is 25.5 Å². The zero-order valence-corrected chi connectivity index (χ0v) is 13.0. The van der Waals surface area contributed by atoms with Crippen molar-refractivity contribution < 1.29 is 14.7 Å². The quantitative estimate of drug-likeness (QED) is 0.900. The molecule has 1 aromatic rings. The minimum absolute atomic E-state index is 0.103. The topological polar surface area (TPSA) is 70.5 Å². The fourth-order valence-corrected chi connectivity index (χ4v) is 3.72. The van der Waals surface area contributed by atoms with E-state index in [-0.39, 0.29) is 11.8 Å². The second-order valence-corrected chi connectivity index (χ2v) is 6.89. The Balaban J connectivity index is 1.69. The van der Waals surface area contributed by atoms with Crippen molar-refractivity contribution in [2.75, 3.05) is 18.8 Å². The lowest BCUT2D eigenvalue weighted by molar-refractivity contribution is -0.145. The normalized spacial score (nSPS) is 16.4. The molecule has 7 heteroatoms. The smallest absolute Gasteiger partial charge is 0.306 e. The molecule has 110 valence electrons. The van der Waals surface area contributed by atoms with E-state index in [2.05, 4.69) is 4.98 Å². The number of carboxylic acid groups (broad SMARTS) is 1. The van der Waals surface area contributed by atoms with Crippen LogP contribution in [0, 0.1) is 12.8 Å². The molecule has 0 atom stereocenters. The van der Waals surface area contributed by atoms with Gasteiger partial charge in [-0.05, 0) is 19.8 Å². The van der Waals surface area contributed by atoms with Gasteiger partial charge in [-0.15, -0.1) is 23.1 Å². The van der Waals surface area contributed by atoms with Crippen LogP contribution >= 0.6 is 23.1 Å². The SMILES string of the molecule is Cc1nc(CSCC(=O)N2CCC(C(=O)O)CC2)cs1. The van der Waals surface area contributed by atoms with E-state index in [0.29, 0.717) is 31.7 Å². The van der Waals surface area contributed by atoms with Gasteiger partial charge in [0.15, 0.2) is 0 Å². The van der Waals surface area contributed by atoms with Crippen LogP contribution in [-0.2, 0) is 15.3 Å². The molecule has 0 saturated carbocycles. The van der Waals surface area contributed by atoms with Gasteiger partial charge < -0.3 is 10.0 Å². The number of thioether (sulfide) groups is 1. The van der Waals surface area contributed by atoms with Crippen molar-refractivity contribution in [2.24, 2.45) is 5.92 Å². The van der Waals surface area contributed by atoms with Crippen LogP contribution in [0.25, 0.3) is 0 Å². The van der Waals surface area contributed by atoms with Crippen molar-refractivity contribution in [3.8, 4) is 0 Å². The lowest BCUT2D eigenvalue weighted by atomic mass is 9.97. The van der Waals surface area contributed by atoms with E-state index in [0.717, 1.165) is 16.5 Å². The predicted octanol–water partition coefficient (Wildman–Crippen LogP) is 2.01. The number of rotatable bonds is 5. The summed E-state index contributed by atoms with van der Waals surface area (Å²) in [5, 5.41) is 12.0. The number of aryl methyl sites for hydroxylation is 1. The molecule has 1 aromatic heterocycles. The molecule has 1 aliphatic rings. The molecule has 5 nitrogen and oxygen atoms in total. The predicted molar refractivity (Wildman–Crippen MR) is 80.0 cm³/mol. The minimum atomic E-state index is -0.745. The van der Waals surface area contributed by atoms with Crippen molar-refractivity contribution in [3.63, 3.8) is 0 Å². The van der Waals surface area contributed by atoms with Gasteiger partial charge in [0, 0.05) is 24.2 Å². The summed E-state index contributed by atoms with van der Waals surface area (Å²) in [6.45, 7) is 3.09. The number of hydrogen-bond acceptors (Lipinski definition) is 5. The molecule has 1 amide bonds. The molecule has 0 aromatic carbocycles. The van der Waals surface area contributed by atoms with E-state index in [4.69, 9.17) is 5.11 Å². The Morgan fingerprint density at radius 3 is 2.75 bits per heavy atom. The zero-order valence-electron chi connectivity index (χ0n) is 11.4. The van der Waals surface area contributed by atoms with Crippen LogP contribution in [0.2, 0.25) is 0 Å². The van der Waals surface area contributed by atoms with Crippen molar-refractivity contribution >= 4 is 35.0 Å². The van der Waals surface area contributed by atoms with Gasteiger partial charge in [0.1, 0.15) is 0 Å². The standard InChI is InChI=1S/C13H18N2O3S2/c1-9-14-11(7-20-9)6-19-8-12(16)15-4-2-10(3-5-15)13(17)18/h7,10H,2-6,8H2,1H3,(H,17,18). The first-order valence-corrected chi connectivity index (χ1v) is 8.59. The molecule has 0 aliphatic carbocycles. The number of carbonyl (C=O) groups is 2. The fraction of sp³-hybridized carbons (Fsp3) is 0.615. The molecule has 0 bridgehead atoms. The van der Waals surface area contributed by atoms with Gasteiger partial charge in [0.2, 0.25) is 5.91 Å². The Morgan fingerprint density at radius 1 is 1.50 bits per heavy atom. The monoisotopic (exact) mass is 314 g/mol. The number of piperidine rings is 1. The molecule has 0 unspecified atom stereocenters. The highest BCUT2D eigenvalue weighted by Gasteiger charge is 2.26. The number of aliphatic carboxylic acids is 1. The maximum Gasteiger partial charge on any atom is 0.306 e. The highest BCUT2D eigenvalue weighted by atomic mass is 32.2. The molecule has 1 saturated heterocycles. The average molecular weight is 314 g/mol. The number of likely N-dealkylation sites (tertiary alicyclic amines) is 1. The van der Waals surface area contributed by atoms with Crippen LogP contribution in [0.4, 0.5) is 0 Å². The number of aromatic nitrogens is 1. The third-order valence-corrected chi connectivity index (χ3v) is 5.11. The zero-order chi connectivity index (χ0) is 14.5. The Hall–Kier alpha value is -1.08. The van der Waals surface area contributed by atoms with Crippen LogP contribution < -0.4 is 0 Å². The molecular weight excluding hydrogens is 296 g/mol. The second kappa shape index (κ2) is 7.08. The number of carboxylic acids is 1. The van der Waals surface area contributed by atoms with E-state index in [9.17, 15) is 9.59 Å². The van der Waals surface area contributed by atoms with Gasteiger partial charge in [-0.25, -0.2) is 4.98 Å². The van der Waals surface area contributed by atoms with Crippen LogP contribution in [0.5, 0.6) is 0 Å². The lowest BCUT2D eigenvalue weighted by Crippen LogP contribution is -2.41.